The maximum Gasteiger partial charge on any atom is 0.350 e. The minimum Gasteiger partial charge on any atom is -0.463 e. The van der Waals surface area contributed by atoms with Gasteiger partial charge in [-0.05, 0) is 19.4 Å². The predicted molar refractivity (Wildman–Crippen MR) is 125 cm³/mol. The number of alkyl halides is 1. The van der Waals surface area contributed by atoms with E-state index in [-0.39, 0.29) is 36.6 Å². The maximum atomic E-state index is 15.7. The summed E-state index contributed by atoms with van der Waals surface area (Å²) in [5.41, 5.74) is 2.41. The van der Waals surface area contributed by atoms with E-state index in [1.807, 2.05) is 0 Å². The molecule has 0 amide bonds. The van der Waals surface area contributed by atoms with E-state index >= 15 is 4.39 Å². The summed E-state index contributed by atoms with van der Waals surface area (Å²) in [6, 6.07) is 8.62. The number of aromatic nitrogens is 4. The Bertz CT molecular complexity index is 1300. The van der Waals surface area contributed by atoms with Crippen LogP contribution in [0.2, 0.25) is 0 Å². The molecule has 1 aliphatic carbocycles. The Morgan fingerprint density at radius 3 is 2.43 bits per heavy atom. The molecule has 12 nitrogen and oxygen atoms in total. The highest BCUT2D eigenvalue weighted by Gasteiger charge is 2.80. The molecule has 3 aromatic rings. The number of anilines is 1. The Morgan fingerprint density at radius 1 is 1.16 bits per heavy atom. The summed E-state index contributed by atoms with van der Waals surface area (Å²) < 4.78 is 39.2. The van der Waals surface area contributed by atoms with Crippen molar-refractivity contribution < 1.29 is 38.0 Å². The van der Waals surface area contributed by atoms with E-state index in [4.69, 9.17) is 24.7 Å². The first-order valence-corrected chi connectivity index (χ1v) is 11.8. The van der Waals surface area contributed by atoms with Gasteiger partial charge in [0.1, 0.15) is 24.1 Å². The van der Waals surface area contributed by atoms with Crippen LogP contribution >= 0.6 is 0 Å². The molecule has 3 heterocycles. The average Bonchev–Trinajstić information content (AvgIpc) is 3.15. The molecule has 196 valence electrons. The van der Waals surface area contributed by atoms with Crippen LogP contribution in [0, 0.1) is 0 Å². The van der Waals surface area contributed by atoms with Crippen molar-refractivity contribution in [1.29, 1.82) is 0 Å². The third-order valence-electron chi connectivity index (χ3n) is 6.55. The molecule has 13 heteroatoms. The first kappa shape index (κ1) is 25.0. The minimum absolute atomic E-state index is 0.0422. The van der Waals surface area contributed by atoms with Crippen LogP contribution in [0.1, 0.15) is 25.6 Å². The molecule has 5 atom stereocenters. The highest BCUT2D eigenvalue weighted by Crippen LogP contribution is 2.58. The zero-order valence-corrected chi connectivity index (χ0v) is 20.1. The van der Waals surface area contributed by atoms with Crippen molar-refractivity contribution in [2.75, 3.05) is 18.9 Å². The topological polar surface area (TPSA) is 161 Å². The number of ether oxygens (including phenoxy) is 4. The van der Waals surface area contributed by atoms with E-state index < -0.39 is 47.7 Å². The summed E-state index contributed by atoms with van der Waals surface area (Å²) in [7, 11) is 0. The van der Waals surface area contributed by atoms with E-state index in [0.29, 0.717) is 5.56 Å². The fourth-order valence-electron chi connectivity index (χ4n) is 4.65. The number of hydrogen-bond acceptors (Lipinski definition) is 11. The van der Waals surface area contributed by atoms with Crippen molar-refractivity contribution >= 4 is 28.9 Å². The number of nitrogens with zero attached hydrogens (tertiary/aromatic N) is 4. The van der Waals surface area contributed by atoms with Crippen LogP contribution in [0.25, 0.3) is 11.2 Å². The highest BCUT2D eigenvalue weighted by molar-refractivity contribution is 6.04. The molecule has 0 radical (unpaired) electrons. The second kappa shape index (κ2) is 9.32. The van der Waals surface area contributed by atoms with Gasteiger partial charge in [-0.25, -0.2) is 28.9 Å². The molecular formula is C24H26FN5O7. The number of nitrogens with two attached hydrogens (primary N) is 1. The standard InChI is InChI=1S/C24H26FN5O7/c1-3-34-21(31)23(22(32)35-4-2,10-13-8-6-5-7-9-13)37-17-16-24(17,33)15(25)20(36-16)30-12-29-14-18(26)27-11-28-19(14)30/h5-9,11-12,15-17,20,33H,3-4,10H2,1-2H3,(H2,26,27,28)/t15-,16+,17?,20+,24-/m0/s1. The van der Waals surface area contributed by atoms with Crippen LogP contribution in [0.4, 0.5) is 10.2 Å². The summed E-state index contributed by atoms with van der Waals surface area (Å²) in [4.78, 5) is 38.4. The van der Waals surface area contributed by atoms with Gasteiger partial charge < -0.3 is 29.8 Å². The lowest BCUT2D eigenvalue weighted by Crippen LogP contribution is -2.55. The lowest BCUT2D eigenvalue weighted by atomic mass is 9.93. The van der Waals surface area contributed by atoms with Gasteiger partial charge in [-0.15, -0.1) is 0 Å². The van der Waals surface area contributed by atoms with Gasteiger partial charge in [-0.2, -0.15) is 0 Å². The fourth-order valence-corrected chi connectivity index (χ4v) is 4.65. The number of halogens is 1. The van der Waals surface area contributed by atoms with Gasteiger partial charge >= 0.3 is 11.9 Å². The lowest BCUT2D eigenvalue weighted by Gasteiger charge is -2.31. The number of nitrogen functional groups attached to an aromatic ring is 1. The van der Waals surface area contributed by atoms with Crippen LogP contribution in [0.3, 0.4) is 0 Å². The third kappa shape index (κ3) is 3.90. The van der Waals surface area contributed by atoms with Crippen molar-refractivity contribution in [3.8, 4) is 0 Å². The van der Waals surface area contributed by atoms with Gasteiger partial charge in [0.15, 0.2) is 29.5 Å². The van der Waals surface area contributed by atoms with Crippen molar-refractivity contribution in [2.24, 2.45) is 0 Å². The largest absolute Gasteiger partial charge is 0.463 e. The number of carbonyl (C=O) groups is 2. The quantitative estimate of drug-likeness (QED) is 0.307. The Balaban J connectivity index is 1.45. The highest BCUT2D eigenvalue weighted by atomic mass is 19.1. The summed E-state index contributed by atoms with van der Waals surface area (Å²) in [6.07, 6.45) is -3.64. The summed E-state index contributed by atoms with van der Waals surface area (Å²) in [5, 5.41) is 11.2. The fraction of sp³-hybridized carbons (Fsp3) is 0.458. The molecule has 37 heavy (non-hydrogen) atoms. The summed E-state index contributed by atoms with van der Waals surface area (Å²) in [5.74, 6) is -1.91. The van der Waals surface area contributed by atoms with Crippen LogP contribution in [-0.4, -0.2) is 79.4 Å². The molecule has 3 N–H and O–H groups in total. The number of esters is 2. The zero-order chi connectivity index (χ0) is 26.4. The molecule has 1 unspecified atom stereocenters. The molecule has 5 rings (SSSR count). The second-order valence-electron chi connectivity index (χ2n) is 8.79. The number of fused-ring (bicyclic) bond motifs is 2. The molecule has 0 bridgehead atoms. The van der Waals surface area contributed by atoms with E-state index in [9.17, 15) is 14.7 Å². The Kier molecular flexibility index (Phi) is 6.30. The second-order valence-corrected chi connectivity index (χ2v) is 8.79. The number of rotatable bonds is 9. The molecule has 1 saturated heterocycles. The maximum absolute atomic E-state index is 15.7. The zero-order valence-electron chi connectivity index (χ0n) is 20.1. The van der Waals surface area contributed by atoms with Gasteiger partial charge in [0.25, 0.3) is 5.60 Å². The van der Waals surface area contributed by atoms with Crippen molar-refractivity contribution in [3.63, 3.8) is 0 Å². The molecule has 1 aliphatic heterocycles. The first-order valence-electron chi connectivity index (χ1n) is 11.8. The van der Waals surface area contributed by atoms with Crippen LogP contribution in [0.15, 0.2) is 43.0 Å². The number of aliphatic hydroxyl groups is 1. The van der Waals surface area contributed by atoms with Crippen molar-refractivity contribution in [1.82, 2.24) is 19.5 Å². The number of hydrogen-bond donors (Lipinski definition) is 2. The molecule has 2 aromatic heterocycles. The van der Waals surface area contributed by atoms with Gasteiger partial charge in [0, 0.05) is 6.42 Å². The van der Waals surface area contributed by atoms with E-state index in [2.05, 4.69) is 15.0 Å². The van der Waals surface area contributed by atoms with Crippen LogP contribution < -0.4 is 5.73 Å². The monoisotopic (exact) mass is 515 g/mol. The van der Waals surface area contributed by atoms with Gasteiger partial charge in [-0.1, -0.05) is 30.3 Å². The molecule has 1 saturated carbocycles. The molecule has 2 fully saturated rings. The molecule has 0 spiro atoms. The van der Waals surface area contributed by atoms with E-state index in [1.165, 1.54) is 17.2 Å². The van der Waals surface area contributed by atoms with Crippen molar-refractivity contribution in [2.45, 2.75) is 56.1 Å². The summed E-state index contributed by atoms with van der Waals surface area (Å²) in [6.45, 7) is 3.07. The Morgan fingerprint density at radius 2 is 1.84 bits per heavy atom. The van der Waals surface area contributed by atoms with E-state index in [0.717, 1.165) is 0 Å². The average molecular weight is 515 g/mol. The lowest BCUT2D eigenvalue weighted by molar-refractivity contribution is -0.201. The predicted octanol–water partition coefficient (Wildman–Crippen LogP) is 0.882. The first-order chi connectivity index (χ1) is 17.8. The van der Waals surface area contributed by atoms with E-state index in [1.54, 1.807) is 44.2 Å². The van der Waals surface area contributed by atoms with Gasteiger partial charge in [-0.3, -0.25) is 4.57 Å². The van der Waals surface area contributed by atoms with Crippen LogP contribution in [-0.2, 0) is 35.0 Å². The third-order valence-corrected chi connectivity index (χ3v) is 6.55. The molecular weight excluding hydrogens is 489 g/mol. The number of carbonyl (C=O) groups excluding carboxylic acids is 2. The summed E-state index contributed by atoms with van der Waals surface area (Å²) >= 11 is 0. The SMILES string of the molecule is CCOC(=O)C(Cc1ccccc1)(OC1[C@H]2O[C@@H](n3cnc4c(N)ncnc43)[C@H](F)[C@@]12O)C(=O)OCC. The van der Waals surface area contributed by atoms with Gasteiger partial charge in [0.05, 0.1) is 19.5 Å². The minimum atomic E-state index is -2.29. The smallest absolute Gasteiger partial charge is 0.350 e. The molecule has 1 aromatic carbocycles. The molecule has 2 aliphatic rings. The number of benzene rings is 1. The Hall–Kier alpha value is -3.68. The van der Waals surface area contributed by atoms with Crippen LogP contribution in [0.5, 0.6) is 0 Å². The normalized spacial score (nSPS) is 26.6. The van der Waals surface area contributed by atoms with Crippen molar-refractivity contribution in [3.05, 3.63) is 48.5 Å². The Labute approximate surface area is 210 Å². The van der Waals surface area contributed by atoms with Gasteiger partial charge in [0.2, 0.25) is 0 Å². The number of imidazole rings is 1.